The maximum absolute atomic E-state index is 5.92. The third kappa shape index (κ3) is 2.20. The van der Waals surface area contributed by atoms with Gasteiger partial charge in [0.15, 0.2) is 0 Å². The van der Waals surface area contributed by atoms with Crippen molar-refractivity contribution in [1.82, 2.24) is 5.43 Å². The summed E-state index contributed by atoms with van der Waals surface area (Å²) < 4.78 is 0. The maximum Gasteiger partial charge on any atom is 0.0489 e. The van der Waals surface area contributed by atoms with Crippen LogP contribution in [-0.4, -0.2) is 0 Å². The molecule has 0 spiro atoms. The molecule has 2 nitrogen and oxygen atoms in total. The molecule has 1 aromatic carbocycles. The van der Waals surface area contributed by atoms with E-state index in [1.807, 2.05) is 12.1 Å². The van der Waals surface area contributed by atoms with Crippen molar-refractivity contribution in [2.45, 2.75) is 18.9 Å². The molecule has 76 valence electrons. The normalized spacial score (nSPS) is 18.2. The van der Waals surface area contributed by atoms with Crippen molar-refractivity contribution < 1.29 is 0 Å². The van der Waals surface area contributed by atoms with Crippen molar-refractivity contribution in [3.63, 3.8) is 0 Å². The fourth-order valence-corrected chi connectivity index (χ4v) is 2.23. The Morgan fingerprint density at radius 2 is 1.79 bits per heavy atom. The van der Waals surface area contributed by atoms with Crippen molar-refractivity contribution in [1.29, 1.82) is 0 Å². The highest BCUT2D eigenvalue weighted by molar-refractivity contribution is 6.34. The lowest BCUT2D eigenvalue weighted by Gasteiger charge is -2.15. The molecule has 4 heteroatoms. The van der Waals surface area contributed by atoms with E-state index >= 15 is 0 Å². The Balaban J connectivity index is 2.28. The van der Waals surface area contributed by atoms with Gasteiger partial charge >= 0.3 is 0 Å². The molecule has 1 atom stereocenters. The molecule has 1 aliphatic rings. The van der Waals surface area contributed by atoms with Crippen molar-refractivity contribution in [3.05, 3.63) is 33.8 Å². The van der Waals surface area contributed by atoms with Gasteiger partial charge in [0.05, 0.1) is 0 Å². The maximum atomic E-state index is 5.92. The second kappa shape index (κ2) is 4.07. The molecular weight excluding hydrogens is 219 g/mol. The standard InChI is InChI=1S/C10H12Cl2N2/c11-8-3-7(4-9(12)5-8)10(14-13)6-1-2-6/h3-6,10,14H,1-2,13H2. The van der Waals surface area contributed by atoms with Gasteiger partial charge in [-0.15, -0.1) is 0 Å². The summed E-state index contributed by atoms with van der Waals surface area (Å²) in [5.41, 5.74) is 3.89. The number of hydrogen-bond acceptors (Lipinski definition) is 2. The quantitative estimate of drug-likeness (QED) is 0.620. The van der Waals surface area contributed by atoms with Gasteiger partial charge in [-0.1, -0.05) is 23.2 Å². The molecule has 1 unspecified atom stereocenters. The predicted molar refractivity (Wildman–Crippen MR) is 59.3 cm³/mol. The number of hydrazine groups is 1. The van der Waals surface area contributed by atoms with Crippen molar-refractivity contribution in [3.8, 4) is 0 Å². The van der Waals surface area contributed by atoms with Crippen LogP contribution in [0.4, 0.5) is 0 Å². The molecule has 1 aromatic rings. The number of nitrogens with one attached hydrogen (secondary N) is 1. The molecule has 0 amide bonds. The molecular formula is C10H12Cl2N2. The molecule has 0 bridgehead atoms. The highest BCUT2D eigenvalue weighted by Gasteiger charge is 2.31. The van der Waals surface area contributed by atoms with E-state index < -0.39 is 0 Å². The largest absolute Gasteiger partial charge is 0.271 e. The molecule has 0 radical (unpaired) electrons. The van der Waals surface area contributed by atoms with Crippen LogP contribution >= 0.6 is 23.2 Å². The molecule has 0 heterocycles. The molecule has 0 aliphatic heterocycles. The number of benzene rings is 1. The zero-order chi connectivity index (χ0) is 10.1. The SMILES string of the molecule is NNC(c1cc(Cl)cc(Cl)c1)C1CC1. The Morgan fingerprint density at radius 3 is 2.21 bits per heavy atom. The van der Waals surface area contributed by atoms with E-state index in [1.165, 1.54) is 12.8 Å². The first-order chi connectivity index (χ1) is 6.70. The van der Waals surface area contributed by atoms with Crippen LogP contribution in [0.25, 0.3) is 0 Å². The first kappa shape index (κ1) is 10.2. The third-order valence-corrected chi connectivity index (χ3v) is 2.95. The summed E-state index contributed by atoms with van der Waals surface area (Å²) in [6.45, 7) is 0. The molecule has 1 fully saturated rings. The Hall–Kier alpha value is -0.280. The van der Waals surface area contributed by atoms with Gasteiger partial charge in [0.2, 0.25) is 0 Å². The minimum absolute atomic E-state index is 0.186. The fraction of sp³-hybridized carbons (Fsp3) is 0.400. The highest BCUT2D eigenvalue weighted by Crippen LogP contribution is 2.41. The Kier molecular flexibility index (Phi) is 2.98. The van der Waals surface area contributed by atoms with Gasteiger partial charge in [-0.25, -0.2) is 0 Å². The highest BCUT2D eigenvalue weighted by atomic mass is 35.5. The van der Waals surface area contributed by atoms with E-state index in [4.69, 9.17) is 29.0 Å². The van der Waals surface area contributed by atoms with Gasteiger partial charge in [-0.2, -0.15) is 0 Å². The lowest BCUT2D eigenvalue weighted by Crippen LogP contribution is -2.29. The lowest BCUT2D eigenvalue weighted by molar-refractivity contribution is 0.497. The zero-order valence-electron chi connectivity index (χ0n) is 7.63. The molecule has 0 aromatic heterocycles. The van der Waals surface area contributed by atoms with Crippen LogP contribution in [0.1, 0.15) is 24.4 Å². The van der Waals surface area contributed by atoms with Gasteiger partial charge in [-0.3, -0.25) is 11.3 Å². The third-order valence-electron chi connectivity index (χ3n) is 2.52. The average molecular weight is 231 g/mol. The summed E-state index contributed by atoms with van der Waals surface area (Å²) in [5, 5.41) is 1.32. The van der Waals surface area contributed by atoms with Crippen LogP contribution in [0.5, 0.6) is 0 Å². The smallest absolute Gasteiger partial charge is 0.0489 e. The topological polar surface area (TPSA) is 38.0 Å². The van der Waals surface area contributed by atoms with E-state index in [-0.39, 0.29) is 6.04 Å². The summed E-state index contributed by atoms with van der Waals surface area (Å²) in [4.78, 5) is 0. The first-order valence-corrected chi connectivity index (χ1v) is 5.38. The number of halogens is 2. The lowest BCUT2D eigenvalue weighted by atomic mass is 10.0. The molecule has 0 saturated heterocycles. The fourth-order valence-electron chi connectivity index (χ4n) is 1.69. The second-order valence-corrected chi connectivity index (χ2v) is 4.56. The van der Waals surface area contributed by atoms with E-state index in [0.29, 0.717) is 16.0 Å². The van der Waals surface area contributed by atoms with Gasteiger partial charge in [-0.05, 0) is 42.5 Å². The Labute approximate surface area is 93.4 Å². The van der Waals surface area contributed by atoms with Gasteiger partial charge in [0, 0.05) is 16.1 Å². The van der Waals surface area contributed by atoms with Crippen LogP contribution in [0.2, 0.25) is 10.0 Å². The van der Waals surface area contributed by atoms with Crippen LogP contribution in [0.15, 0.2) is 18.2 Å². The molecule has 1 saturated carbocycles. The van der Waals surface area contributed by atoms with Crippen LogP contribution in [0, 0.1) is 5.92 Å². The van der Waals surface area contributed by atoms with Crippen LogP contribution in [-0.2, 0) is 0 Å². The summed E-state index contributed by atoms with van der Waals surface area (Å²) in [7, 11) is 0. The summed E-state index contributed by atoms with van der Waals surface area (Å²) >= 11 is 11.8. The van der Waals surface area contributed by atoms with Crippen LogP contribution in [0.3, 0.4) is 0 Å². The van der Waals surface area contributed by atoms with Gasteiger partial charge in [0.1, 0.15) is 0 Å². The van der Waals surface area contributed by atoms with Crippen molar-refractivity contribution in [2.75, 3.05) is 0 Å². The van der Waals surface area contributed by atoms with E-state index in [0.717, 1.165) is 5.56 Å². The van der Waals surface area contributed by atoms with Gasteiger partial charge in [0.25, 0.3) is 0 Å². The first-order valence-electron chi connectivity index (χ1n) is 4.63. The minimum Gasteiger partial charge on any atom is -0.271 e. The van der Waals surface area contributed by atoms with Gasteiger partial charge < -0.3 is 0 Å². The molecule has 3 N–H and O–H groups in total. The number of rotatable bonds is 3. The predicted octanol–water partition coefficient (Wildman–Crippen LogP) is 2.91. The van der Waals surface area contributed by atoms with E-state index in [2.05, 4.69) is 5.43 Å². The zero-order valence-corrected chi connectivity index (χ0v) is 9.15. The second-order valence-electron chi connectivity index (χ2n) is 3.68. The van der Waals surface area contributed by atoms with E-state index in [1.54, 1.807) is 6.07 Å². The minimum atomic E-state index is 0.186. The molecule has 1 aliphatic carbocycles. The molecule has 14 heavy (non-hydrogen) atoms. The summed E-state index contributed by atoms with van der Waals surface area (Å²) in [5.74, 6) is 6.14. The van der Waals surface area contributed by atoms with Crippen LogP contribution < -0.4 is 11.3 Å². The number of nitrogens with two attached hydrogens (primary N) is 1. The number of hydrogen-bond donors (Lipinski definition) is 2. The Morgan fingerprint density at radius 1 is 1.21 bits per heavy atom. The summed E-state index contributed by atoms with van der Waals surface area (Å²) in [6.07, 6.45) is 2.44. The monoisotopic (exact) mass is 230 g/mol. The van der Waals surface area contributed by atoms with E-state index in [9.17, 15) is 0 Å². The Bertz CT molecular complexity index is 317. The molecule has 2 rings (SSSR count). The van der Waals surface area contributed by atoms with Crippen molar-refractivity contribution >= 4 is 23.2 Å². The average Bonchev–Trinajstić information content (AvgIpc) is 2.87. The summed E-state index contributed by atoms with van der Waals surface area (Å²) in [6, 6.07) is 5.74. The van der Waals surface area contributed by atoms with Crippen molar-refractivity contribution in [2.24, 2.45) is 11.8 Å².